The van der Waals surface area contributed by atoms with Crippen LogP contribution in [0.2, 0.25) is 0 Å². The fourth-order valence-corrected chi connectivity index (χ4v) is 1.21. The van der Waals surface area contributed by atoms with Gasteiger partial charge in [0.25, 0.3) is 0 Å². The van der Waals surface area contributed by atoms with E-state index < -0.39 is 0 Å². The lowest BCUT2D eigenvalue weighted by atomic mass is 10.2. The van der Waals surface area contributed by atoms with Crippen LogP contribution in [0.5, 0.6) is 0 Å². The molecule has 1 rings (SSSR count). The van der Waals surface area contributed by atoms with Gasteiger partial charge in [0.2, 0.25) is 0 Å². The molecule has 0 saturated heterocycles. The average Bonchev–Trinajstić information content (AvgIpc) is 2.09. The molecular weight excluding hydrogens is 140 g/mol. The Kier molecular flexibility index (Phi) is 3.32. The first-order chi connectivity index (χ1) is 5.38. The summed E-state index contributed by atoms with van der Waals surface area (Å²) >= 11 is 0. The van der Waals surface area contributed by atoms with Crippen LogP contribution in [-0.2, 0) is 0 Å². The van der Waals surface area contributed by atoms with Gasteiger partial charge in [0.15, 0.2) is 0 Å². The highest BCUT2D eigenvalue weighted by Gasteiger charge is 2.13. The molecule has 0 bridgehead atoms. The Bertz CT molecular complexity index is 130. The molecule has 4 heteroatoms. The summed E-state index contributed by atoms with van der Waals surface area (Å²) in [5, 5.41) is 0. The Hall–Kier alpha value is -0.610. The highest BCUT2D eigenvalue weighted by molar-refractivity contribution is 5.56. The minimum Gasteiger partial charge on any atom is -0.357 e. The summed E-state index contributed by atoms with van der Waals surface area (Å²) in [5.41, 5.74) is 11.1. The van der Waals surface area contributed by atoms with Gasteiger partial charge in [0.05, 0.1) is 12.4 Å². The van der Waals surface area contributed by atoms with Gasteiger partial charge in [-0.25, -0.2) is 0 Å². The van der Waals surface area contributed by atoms with Gasteiger partial charge < -0.3 is 16.4 Å². The van der Waals surface area contributed by atoms with E-state index in [4.69, 9.17) is 11.5 Å². The maximum Gasteiger partial charge on any atom is 0.0853 e. The highest BCUT2D eigenvalue weighted by Crippen LogP contribution is 2.00. The molecule has 0 amide bonds. The lowest BCUT2D eigenvalue weighted by Gasteiger charge is -2.29. The third kappa shape index (κ3) is 2.17. The van der Waals surface area contributed by atoms with Crippen LogP contribution in [0.3, 0.4) is 0 Å². The fourth-order valence-electron chi connectivity index (χ4n) is 1.21. The molecule has 4 nitrogen and oxygen atoms in total. The van der Waals surface area contributed by atoms with Gasteiger partial charge in [-0.15, -0.1) is 0 Å². The standard InChI is InChI=1S/C7H16N4/c8-4-7(5-9)11-3-1-2-10-6-11/h6-7H,1-5,8-9H2. The number of hydrogen-bond donors (Lipinski definition) is 2. The molecule has 1 heterocycles. The largest absolute Gasteiger partial charge is 0.357 e. The van der Waals surface area contributed by atoms with Crippen LogP contribution in [0.15, 0.2) is 4.99 Å². The maximum absolute atomic E-state index is 5.53. The third-order valence-corrected chi connectivity index (χ3v) is 1.95. The molecule has 0 aromatic rings. The molecule has 0 aromatic heterocycles. The van der Waals surface area contributed by atoms with Crippen molar-refractivity contribution in [2.45, 2.75) is 12.5 Å². The summed E-state index contributed by atoms with van der Waals surface area (Å²) < 4.78 is 0. The Morgan fingerprint density at radius 3 is 2.64 bits per heavy atom. The summed E-state index contributed by atoms with van der Waals surface area (Å²) in [6.07, 6.45) is 2.99. The maximum atomic E-state index is 5.53. The Balaban J connectivity index is 2.42. The summed E-state index contributed by atoms with van der Waals surface area (Å²) in [6.45, 7) is 3.21. The second kappa shape index (κ2) is 4.31. The zero-order valence-electron chi connectivity index (χ0n) is 6.74. The monoisotopic (exact) mass is 156 g/mol. The average molecular weight is 156 g/mol. The van der Waals surface area contributed by atoms with E-state index in [2.05, 4.69) is 9.89 Å². The fraction of sp³-hybridized carbons (Fsp3) is 0.857. The molecule has 0 aromatic carbocycles. The van der Waals surface area contributed by atoms with Gasteiger partial charge in [-0.2, -0.15) is 0 Å². The van der Waals surface area contributed by atoms with Crippen molar-refractivity contribution in [1.82, 2.24) is 4.90 Å². The molecule has 1 aliphatic rings. The van der Waals surface area contributed by atoms with Crippen molar-refractivity contribution >= 4 is 6.34 Å². The highest BCUT2D eigenvalue weighted by atomic mass is 15.2. The Morgan fingerprint density at radius 2 is 2.18 bits per heavy atom. The van der Waals surface area contributed by atoms with Crippen LogP contribution >= 0.6 is 0 Å². The third-order valence-electron chi connectivity index (χ3n) is 1.95. The van der Waals surface area contributed by atoms with Crippen molar-refractivity contribution in [1.29, 1.82) is 0 Å². The van der Waals surface area contributed by atoms with Crippen LogP contribution in [0.25, 0.3) is 0 Å². The number of aliphatic imine (C=N–C) groups is 1. The van der Waals surface area contributed by atoms with Crippen molar-refractivity contribution < 1.29 is 0 Å². The smallest absolute Gasteiger partial charge is 0.0853 e. The first kappa shape index (κ1) is 8.49. The zero-order chi connectivity index (χ0) is 8.10. The van der Waals surface area contributed by atoms with Crippen LogP contribution in [0.1, 0.15) is 6.42 Å². The Labute approximate surface area is 67.3 Å². The lowest BCUT2D eigenvalue weighted by molar-refractivity contribution is 0.316. The van der Waals surface area contributed by atoms with Crippen LogP contribution < -0.4 is 11.5 Å². The van der Waals surface area contributed by atoms with E-state index in [9.17, 15) is 0 Å². The molecule has 0 aliphatic carbocycles. The van der Waals surface area contributed by atoms with Crippen LogP contribution in [0.4, 0.5) is 0 Å². The predicted octanol–water partition coefficient (Wildman–Crippen LogP) is -0.994. The number of rotatable bonds is 3. The minimum absolute atomic E-state index is 0.277. The molecule has 0 radical (unpaired) electrons. The van der Waals surface area contributed by atoms with E-state index >= 15 is 0 Å². The SMILES string of the molecule is NCC(CN)N1C=NCCC1. The molecule has 0 unspecified atom stereocenters. The molecular formula is C7H16N4. The van der Waals surface area contributed by atoms with E-state index in [1.54, 1.807) is 0 Å². The normalized spacial score (nSPS) is 17.9. The topological polar surface area (TPSA) is 67.6 Å². The first-order valence-corrected chi connectivity index (χ1v) is 4.04. The number of nitrogens with zero attached hydrogens (tertiary/aromatic N) is 2. The molecule has 0 fully saturated rings. The van der Waals surface area contributed by atoms with Gasteiger partial charge >= 0.3 is 0 Å². The van der Waals surface area contributed by atoms with Crippen molar-refractivity contribution in [3.05, 3.63) is 0 Å². The van der Waals surface area contributed by atoms with E-state index in [1.165, 1.54) is 0 Å². The molecule has 64 valence electrons. The predicted molar refractivity (Wildman–Crippen MR) is 46.6 cm³/mol. The van der Waals surface area contributed by atoms with Crippen molar-refractivity contribution in [3.8, 4) is 0 Å². The Morgan fingerprint density at radius 1 is 1.45 bits per heavy atom. The van der Waals surface area contributed by atoms with Crippen molar-refractivity contribution in [2.75, 3.05) is 26.2 Å². The molecule has 4 N–H and O–H groups in total. The molecule has 0 spiro atoms. The van der Waals surface area contributed by atoms with Gasteiger partial charge in [-0.3, -0.25) is 4.99 Å². The number of nitrogens with two attached hydrogens (primary N) is 2. The second-order valence-electron chi connectivity index (χ2n) is 2.74. The van der Waals surface area contributed by atoms with E-state index in [0.29, 0.717) is 13.1 Å². The van der Waals surface area contributed by atoms with Gasteiger partial charge in [-0.05, 0) is 6.42 Å². The summed E-state index contributed by atoms with van der Waals surface area (Å²) in [7, 11) is 0. The van der Waals surface area contributed by atoms with Crippen LogP contribution in [0, 0.1) is 0 Å². The van der Waals surface area contributed by atoms with Gasteiger partial charge in [0, 0.05) is 26.2 Å². The van der Waals surface area contributed by atoms with E-state index in [0.717, 1.165) is 19.5 Å². The second-order valence-corrected chi connectivity index (χ2v) is 2.74. The summed E-state index contributed by atoms with van der Waals surface area (Å²) in [4.78, 5) is 6.29. The van der Waals surface area contributed by atoms with Crippen LogP contribution in [-0.4, -0.2) is 43.5 Å². The summed E-state index contributed by atoms with van der Waals surface area (Å²) in [5.74, 6) is 0. The van der Waals surface area contributed by atoms with E-state index in [-0.39, 0.29) is 6.04 Å². The van der Waals surface area contributed by atoms with Crippen molar-refractivity contribution in [3.63, 3.8) is 0 Å². The van der Waals surface area contributed by atoms with Crippen molar-refractivity contribution in [2.24, 2.45) is 16.5 Å². The zero-order valence-corrected chi connectivity index (χ0v) is 6.74. The van der Waals surface area contributed by atoms with E-state index in [1.807, 2.05) is 6.34 Å². The summed E-state index contributed by atoms with van der Waals surface area (Å²) in [6, 6.07) is 0.277. The molecule has 0 atom stereocenters. The molecule has 0 saturated carbocycles. The number of hydrogen-bond acceptors (Lipinski definition) is 4. The minimum atomic E-state index is 0.277. The molecule has 11 heavy (non-hydrogen) atoms. The lowest BCUT2D eigenvalue weighted by Crippen LogP contribution is -2.46. The van der Waals surface area contributed by atoms with Gasteiger partial charge in [0.1, 0.15) is 0 Å². The van der Waals surface area contributed by atoms with Gasteiger partial charge in [-0.1, -0.05) is 0 Å². The molecule has 1 aliphatic heterocycles. The first-order valence-electron chi connectivity index (χ1n) is 4.04. The quantitative estimate of drug-likeness (QED) is 0.551.